The predicted molar refractivity (Wildman–Crippen MR) is 77.5 cm³/mol. The second kappa shape index (κ2) is 5.46. The van der Waals surface area contributed by atoms with Crippen molar-refractivity contribution in [1.82, 2.24) is 4.98 Å². The number of rotatable bonds is 1. The summed E-state index contributed by atoms with van der Waals surface area (Å²) in [5, 5.41) is 0.673. The first-order valence-electron chi connectivity index (χ1n) is 6.44. The van der Waals surface area contributed by atoms with Crippen molar-refractivity contribution < 1.29 is 17.9 Å². The highest BCUT2D eigenvalue weighted by Crippen LogP contribution is 2.35. The SMILES string of the molecule is FC(F)(F)c1cc(Br)c2cc(N3CCOCC3)cnc2c1. The molecule has 21 heavy (non-hydrogen) atoms. The summed E-state index contributed by atoms with van der Waals surface area (Å²) in [5.41, 5.74) is 0.522. The number of fused-ring (bicyclic) bond motifs is 1. The second-order valence-electron chi connectivity index (χ2n) is 4.82. The Balaban J connectivity index is 2.04. The smallest absolute Gasteiger partial charge is 0.378 e. The summed E-state index contributed by atoms with van der Waals surface area (Å²) < 4.78 is 44.1. The molecule has 0 N–H and O–H groups in total. The standard InChI is InChI=1S/C14H12BrF3N2O/c15-12-5-9(14(16,17)18)6-13-11(12)7-10(8-19-13)20-1-3-21-4-2-20/h5-8H,1-4H2. The number of nitrogens with zero attached hydrogens (tertiary/aromatic N) is 2. The molecule has 0 atom stereocenters. The molecule has 0 amide bonds. The van der Waals surface area contributed by atoms with Crippen LogP contribution in [0.2, 0.25) is 0 Å². The maximum atomic E-state index is 12.8. The molecule has 1 aliphatic rings. The number of hydrogen-bond donors (Lipinski definition) is 0. The van der Waals surface area contributed by atoms with Crippen LogP contribution in [0.5, 0.6) is 0 Å². The van der Waals surface area contributed by atoms with E-state index in [2.05, 4.69) is 25.8 Å². The number of alkyl halides is 3. The normalized spacial score (nSPS) is 16.5. The lowest BCUT2D eigenvalue weighted by Gasteiger charge is -2.28. The Bertz CT molecular complexity index is 669. The molecule has 1 aromatic heterocycles. The lowest BCUT2D eigenvalue weighted by Crippen LogP contribution is -2.36. The van der Waals surface area contributed by atoms with Crippen LogP contribution in [0.25, 0.3) is 10.9 Å². The Kier molecular flexibility index (Phi) is 3.79. The van der Waals surface area contributed by atoms with Crippen LogP contribution in [-0.4, -0.2) is 31.3 Å². The number of hydrogen-bond acceptors (Lipinski definition) is 3. The summed E-state index contributed by atoms with van der Waals surface area (Å²) in [6.45, 7) is 2.80. The van der Waals surface area contributed by atoms with Gasteiger partial charge in [0.2, 0.25) is 0 Å². The molecule has 1 fully saturated rings. The molecule has 2 heterocycles. The molecule has 0 radical (unpaired) electrons. The fourth-order valence-electron chi connectivity index (χ4n) is 2.33. The van der Waals surface area contributed by atoms with Crippen LogP contribution < -0.4 is 4.90 Å². The van der Waals surface area contributed by atoms with Gasteiger partial charge in [0.15, 0.2) is 0 Å². The molecular formula is C14H12BrF3N2O. The average molecular weight is 361 g/mol. The highest BCUT2D eigenvalue weighted by molar-refractivity contribution is 9.10. The Morgan fingerprint density at radius 1 is 1.14 bits per heavy atom. The monoisotopic (exact) mass is 360 g/mol. The van der Waals surface area contributed by atoms with Gasteiger partial charge in [0, 0.05) is 22.9 Å². The van der Waals surface area contributed by atoms with Crippen LogP contribution in [0.4, 0.5) is 18.9 Å². The number of pyridine rings is 1. The van der Waals surface area contributed by atoms with Crippen molar-refractivity contribution in [3.8, 4) is 0 Å². The summed E-state index contributed by atoms with van der Waals surface area (Å²) in [5.74, 6) is 0. The minimum absolute atomic E-state index is 0.328. The second-order valence-corrected chi connectivity index (χ2v) is 5.67. The zero-order chi connectivity index (χ0) is 15.0. The molecule has 112 valence electrons. The van der Waals surface area contributed by atoms with Gasteiger partial charge in [-0.15, -0.1) is 0 Å². The molecule has 0 saturated carbocycles. The van der Waals surface area contributed by atoms with E-state index in [1.165, 1.54) is 0 Å². The third-order valence-electron chi connectivity index (χ3n) is 3.44. The molecule has 7 heteroatoms. The highest BCUT2D eigenvalue weighted by atomic mass is 79.9. The van der Waals surface area contributed by atoms with Crippen molar-refractivity contribution in [3.63, 3.8) is 0 Å². The first-order valence-corrected chi connectivity index (χ1v) is 7.23. The molecule has 0 bridgehead atoms. The average Bonchev–Trinajstić information content (AvgIpc) is 2.47. The number of anilines is 1. The van der Waals surface area contributed by atoms with E-state index in [1.54, 1.807) is 6.20 Å². The van der Waals surface area contributed by atoms with E-state index in [-0.39, 0.29) is 0 Å². The third-order valence-corrected chi connectivity index (χ3v) is 4.10. The van der Waals surface area contributed by atoms with E-state index in [0.29, 0.717) is 28.6 Å². The van der Waals surface area contributed by atoms with Crippen LogP contribution in [-0.2, 0) is 10.9 Å². The molecular weight excluding hydrogens is 349 g/mol. The molecule has 0 unspecified atom stereocenters. The van der Waals surface area contributed by atoms with Gasteiger partial charge < -0.3 is 9.64 Å². The van der Waals surface area contributed by atoms with E-state index >= 15 is 0 Å². The molecule has 1 aromatic carbocycles. The van der Waals surface area contributed by atoms with Crippen LogP contribution in [0.1, 0.15) is 5.56 Å². The molecule has 2 aromatic rings. The number of aromatic nitrogens is 1. The fraction of sp³-hybridized carbons (Fsp3) is 0.357. The lowest BCUT2D eigenvalue weighted by atomic mass is 10.1. The van der Waals surface area contributed by atoms with Crippen LogP contribution >= 0.6 is 15.9 Å². The summed E-state index contributed by atoms with van der Waals surface area (Å²) in [6, 6.07) is 4.02. The highest BCUT2D eigenvalue weighted by Gasteiger charge is 2.31. The number of ether oxygens (including phenoxy) is 1. The molecule has 3 nitrogen and oxygen atoms in total. The van der Waals surface area contributed by atoms with Crippen molar-refractivity contribution in [3.05, 3.63) is 34.4 Å². The topological polar surface area (TPSA) is 25.4 Å². The van der Waals surface area contributed by atoms with Gasteiger partial charge in [-0.3, -0.25) is 4.98 Å². The van der Waals surface area contributed by atoms with Gasteiger partial charge in [-0.1, -0.05) is 15.9 Å². The van der Waals surface area contributed by atoms with Crippen molar-refractivity contribution in [1.29, 1.82) is 0 Å². The quantitative estimate of drug-likeness (QED) is 0.772. The maximum absolute atomic E-state index is 12.8. The van der Waals surface area contributed by atoms with E-state index in [4.69, 9.17) is 4.74 Å². The maximum Gasteiger partial charge on any atom is 0.416 e. The first-order chi connectivity index (χ1) is 9.95. The van der Waals surface area contributed by atoms with Crippen molar-refractivity contribution in [2.24, 2.45) is 0 Å². The van der Waals surface area contributed by atoms with E-state index < -0.39 is 11.7 Å². The van der Waals surface area contributed by atoms with Gasteiger partial charge in [0.25, 0.3) is 0 Å². The molecule has 0 spiro atoms. The van der Waals surface area contributed by atoms with Crippen LogP contribution in [0.3, 0.4) is 0 Å². The van der Waals surface area contributed by atoms with Crippen LogP contribution in [0.15, 0.2) is 28.9 Å². The molecule has 1 saturated heterocycles. The Hall–Kier alpha value is -1.34. The minimum atomic E-state index is -4.37. The number of morpholine rings is 1. The van der Waals surface area contributed by atoms with Gasteiger partial charge in [-0.05, 0) is 18.2 Å². The first kappa shape index (κ1) is 14.6. The fourth-order valence-corrected chi connectivity index (χ4v) is 2.90. The zero-order valence-corrected chi connectivity index (χ0v) is 12.5. The molecule has 3 rings (SSSR count). The third kappa shape index (κ3) is 2.98. The summed E-state index contributed by atoms with van der Waals surface area (Å²) >= 11 is 3.22. The Morgan fingerprint density at radius 2 is 1.86 bits per heavy atom. The predicted octanol–water partition coefficient (Wildman–Crippen LogP) is 3.85. The van der Waals surface area contributed by atoms with E-state index in [0.717, 1.165) is 30.9 Å². The van der Waals surface area contributed by atoms with Gasteiger partial charge in [0.05, 0.1) is 36.2 Å². The van der Waals surface area contributed by atoms with Crippen LogP contribution in [0, 0.1) is 0 Å². The largest absolute Gasteiger partial charge is 0.416 e. The summed E-state index contributed by atoms with van der Waals surface area (Å²) in [7, 11) is 0. The summed E-state index contributed by atoms with van der Waals surface area (Å²) in [4.78, 5) is 6.29. The van der Waals surface area contributed by atoms with Crippen molar-refractivity contribution in [2.45, 2.75) is 6.18 Å². The summed E-state index contributed by atoms with van der Waals surface area (Å²) in [6.07, 6.45) is -2.76. The minimum Gasteiger partial charge on any atom is -0.378 e. The van der Waals surface area contributed by atoms with E-state index in [9.17, 15) is 13.2 Å². The lowest BCUT2D eigenvalue weighted by molar-refractivity contribution is -0.137. The molecule has 1 aliphatic heterocycles. The van der Waals surface area contributed by atoms with Crippen molar-refractivity contribution >= 4 is 32.5 Å². The van der Waals surface area contributed by atoms with Gasteiger partial charge in [-0.25, -0.2) is 0 Å². The Morgan fingerprint density at radius 3 is 2.52 bits per heavy atom. The van der Waals surface area contributed by atoms with Gasteiger partial charge in [-0.2, -0.15) is 13.2 Å². The van der Waals surface area contributed by atoms with Crippen molar-refractivity contribution in [2.75, 3.05) is 31.2 Å². The zero-order valence-electron chi connectivity index (χ0n) is 11.0. The molecule has 0 aliphatic carbocycles. The van der Waals surface area contributed by atoms with Gasteiger partial charge >= 0.3 is 6.18 Å². The van der Waals surface area contributed by atoms with Gasteiger partial charge in [0.1, 0.15) is 0 Å². The number of halogens is 4. The number of benzene rings is 1. The Labute approximate surface area is 127 Å². The van der Waals surface area contributed by atoms with E-state index in [1.807, 2.05) is 6.07 Å².